The average molecular weight is 240 g/mol. The van der Waals surface area contributed by atoms with Gasteiger partial charge in [-0.3, -0.25) is 4.79 Å². The van der Waals surface area contributed by atoms with Gasteiger partial charge in [-0.05, 0) is 37.1 Å². The fourth-order valence-corrected chi connectivity index (χ4v) is 2.51. The van der Waals surface area contributed by atoms with Crippen LogP contribution >= 0.6 is 0 Å². The number of amides is 1. The Morgan fingerprint density at radius 1 is 1.41 bits per heavy atom. The Labute approximate surface area is 106 Å². The molecule has 0 aromatic rings. The molecule has 3 heteroatoms. The summed E-state index contributed by atoms with van der Waals surface area (Å²) in [7, 11) is 0. The van der Waals surface area contributed by atoms with Gasteiger partial charge in [0.2, 0.25) is 5.91 Å². The zero-order chi connectivity index (χ0) is 12.9. The summed E-state index contributed by atoms with van der Waals surface area (Å²) in [4.78, 5) is 14.1. The molecule has 1 unspecified atom stereocenters. The quantitative estimate of drug-likeness (QED) is 0.775. The van der Waals surface area contributed by atoms with Gasteiger partial charge in [-0.25, -0.2) is 0 Å². The first-order chi connectivity index (χ1) is 7.98. The molecule has 100 valence electrons. The molecular weight excluding hydrogens is 212 g/mol. The van der Waals surface area contributed by atoms with E-state index in [1.54, 1.807) is 0 Å². The number of carbonyl (C=O) groups is 1. The van der Waals surface area contributed by atoms with Gasteiger partial charge in [0.15, 0.2) is 0 Å². The number of carbonyl (C=O) groups excluding carboxylic acids is 1. The molecule has 0 spiro atoms. The molecule has 1 aliphatic heterocycles. The van der Waals surface area contributed by atoms with E-state index in [0.717, 1.165) is 31.8 Å². The molecule has 0 aromatic heterocycles. The predicted molar refractivity (Wildman–Crippen MR) is 71.7 cm³/mol. The largest absolute Gasteiger partial charge is 0.342 e. The molecule has 1 rings (SSSR count). The minimum Gasteiger partial charge on any atom is -0.342 e. The first kappa shape index (κ1) is 14.5. The van der Waals surface area contributed by atoms with Crippen molar-refractivity contribution in [1.82, 2.24) is 4.90 Å². The molecule has 1 saturated heterocycles. The van der Waals surface area contributed by atoms with Crippen molar-refractivity contribution in [2.45, 2.75) is 52.9 Å². The zero-order valence-electron chi connectivity index (χ0n) is 11.7. The first-order valence-electron chi connectivity index (χ1n) is 6.96. The van der Waals surface area contributed by atoms with Crippen LogP contribution in [0.1, 0.15) is 52.9 Å². The normalized spacial score (nSPS) is 20.9. The van der Waals surface area contributed by atoms with Gasteiger partial charge in [-0.1, -0.05) is 27.2 Å². The van der Waals surface area contributed by atoms with Crippen molar-refractivity contribution in [2.24, 2.45) is 17.1 Å². The van der Waals surface area contributed by atoms with Crippen molar-refractivity contribution < 1.29 is 4.79 Å². The number of rotatable bonds is 6. The smallest absolute Gasteiger partial charge is 0.222 e. The monoisotopic (exact) mass is 240 g/mol. The Morgan fingerprint density at radius 2 is 2.12 bits per heavy atom. The summed E-state index contributed by atoms with van der Waals surface area (Å²) in [5.41, 5.74) is 5.79. The van der Waals surface area contributed by atoms with Crippen LogP contribution in [-0.2, 0) is 4.79 Å². The van der Waals surface area contributed by atoms with Crippen molar-refractivity contribution in [3.05, 3.63) is 0 Å². The van der Waals surface area contributed by atoms with E-state index in [1.807, 2.05) is 4.90 Å². The van der Waals surface area contributed by atoms with Crippen molar-refractivity contribution >= 4 is 5.91 Å². The Balaban J connectivity index is 2.30. The molecule has 1 amide bonds. The Hall–Kier alpha value is -0.570. The highest BCUT2D eigenvalue weighted by Gasteiger charge is 2.26. The van der Waals surface area contributed by atoms with E-state index in [0.29, 0.717) is 18.9 Å². The van der Waals surface area contributed by atoms with Crippen LogP contribution in [0, 0.1) is 11.3 Å². The molecule has 3 nitrogen and oxygen atoms in total. The van der Waals surface area contributed by atoms with Gasteiger partial charge in [0.25, 0.3) is 0 Å². The van der Waals surface area contributed by atoms with E-state index in [-0.39, 0.29) is 5.41 Å². The van der Waals surface area contributed by atoms with Crippen LogP contribution in [0.15, 0.2) is 0 Å². The summed E-state index contributed by atoms with van der Waals surface area (Å²) in [5.74, 6) is 1.07. The molecular formula is C14H28N2O. The number of hydrogen-bond donors (Lipinski definition) is 1. The fraction of sp³-hybridized carbons (Fsp3) is 0.929. The van der Waals surface area contributed by atoms with Crippen LogP contribution in [0.5, 0.6) is 0 Å². The van der Waals surface area contributed by atoms with Crippen LogP contribution < -0.4 is 5.73 Å². The maximum atomic E-state index is 12.1. The van der Waals surface area contributed by atoms with Crippen molar-refractivity contribution in [3.63, 3.8) is 0 Å². The average Bonchev–Trinajstić information content (AvgIpc) is 2.74. The lowest BCUT2D eigenvalue weighted by atomic mass is 9.84. The van der Waals surface area contributed by atoms with Crippen molar-refractivity contribution in [1.29, 1.82) is 0 Å². The maximum absolute atomic E-state index is 12.1. The molecule has 0 bridgehead atoms. The van der Waals surface area contributed by atoms with Gasteiger partial charge >= 0.3 is 0 Å². The summed E-state index contributed by atoms with van der Waals surface area (Å²) in [6.45, 7) is 9.27. The maximum Gasteiger partial charge on any atom is 0.222 e. The van der Waals surface area contributed by atoms with Crippen LogP contribution in [0.3, 0.4) is 0 Å². The first-order valence-corrected chi connectivity index (χ1v) is 6.96. The molecule has 0 radical (unpaired) electrons. The third kappa shape index (κ3) is 4.66. The molecule has 0 aliphatic carbocycles. The van der Waals surface area contributed by atoms with Crippen molar-refractivity contribution in [3.8, 4) is 0 Å². The Morgan fingerprint density at radius 3 is 2.65 bits per heavy atom. The summed E-state index contributed by atoms with van der Waals surface area (Å²) < 4.78 is 0. The van der Waals surface area contributed by atoms with Crippen molar-refractivity contribution in [2.75, 3.05) is 19.6 Å². The lowest BCUT2D eigenvalue weighted by Gasteiger charge is -2.25. The predicted octanol–water partition coefficient (Wildman–Crippen LogP) is 2.40. The van der Waals surface area contributed by atoms with Crippen LogP contribution in [0.2, 0.25) is 0 Å². The van der Waals surface area contributed by atoms with Gasteiger partial charge in [-0.2, -0.15) is 0 Å². The Bertz CT molecular complexity index is 251. The molecule has 1 fully saturated rings. The summed E-state index contributed by atoms with van der Waals surface area (Å²) >= 11 is 0. The molecule has 2 N–H and O–H groups in total. The Kier molecular flexibility index (Phi) is 5.44. The van der Waals surface area contributed by atoms with Gasteiger partial charge < -0.3 is 10.6 Å². The van der Waals surface area contributed by atoms with Gasteiger partial charge in [-0.15, -0.1) is 0 Å². The standard InChI is InChI=1S/C14H28N2O/c1-4-12-6-10-16(11-12)13(17)5-7-14(2,3)8-9-15/h12H,4-11,15H2,1-3H3. The second kappa shape index (κ2) is 6.39. The summed E-state index contributed by atoms with van der Waals surface area (Å²) in [6.07, 6.45) is 5.02. The SMILES string of the molecule is CCC1CCN(C(=O)CCC(C)(C)CCN)C1. The number of likely N-dealkylation sites (tertiary alicyclic amines) is 1. The molecule has 1 heterocycles. The van der Waals surface area contributed by atoms with E-state index >= 15 is 0 Å². The minimum absolute atomic E-state index is 0.203. The zero-order valence-corrected chi connectivity index (χ0v) is 11.7. The van der Waals surface area contributed by atoms with E-state index in [1.165, 1.54) is 12.8 Å². The minimum atomic E-state index is 0.203. The third-order valence-electron chi connectivity index (χ3n) is 4.05. The highest BCUT2D eigenvalue weighted by atomic mass is 16.2. The topological polar surface area (TPSA) is 46.3 Å². The number of hydrogen-bond acceptors (Lipinski definition) is 2. The van der Waals surface area contributed by atoms with E-state index in [4.69, 9.17) is 5.73 Å². The van der Waals surface area contributed by atoms with Crippen LogP contribution in [0.25, 0.3) is 0 Å². The summed E-state index contributed by atoms with van der Waals surface area (Å²) in [6, 6.07) is 0. The van der Waals surface area contributed by atoms with E-state index in [2.05, 4.69) is 20.8 Å². The molecule has 1 aliphatic rings. The molecule has 17 heavy (non-hydrogen) atoms. The fourth-order valence-electron chi connectivity index (χ4n) is 2.51. The molecule has 0 saturated carbocycles. The van der Waals surface area contributed by atoms with E-state index < -0.39 is 0 Å². The molecule has 1 atom stereocenters. The lowest BCUT2D eigenvalue weighted by Crippen LogP contribution is -2.30. The van der Waals surface area contributed by atoms with E-state index in [9.17, 15) is 4.79 Å². The second-order valence-corrected chi connectivity index (χ2v) is 6.11. The van der Waals surface area contributed by atoms with Gasteiger partial charge in [0, 0.05) is 19.5 Å². The van der Waals surface area contributed by atoms with Crippen LogP contribution in [0.4, 0.5) is 0 Å². The second-order valence-electron chi connectivity index (χ2n) is 6.11. The third-order valence-corrected chi connectivity index (χ3v) is 4.05. The lowest BCUT2D eigenvalue weighted by molar-refractivity contribution is -0.130. The highest BCUT2D eigenvalue weighted by Crippen LogP contribution is 2.27. The van der Waals surface area contributed by atoms with Gasteiger partial charge in [0.05, 0.1) is 0 Å². The number of nitrogens with zero attached hydrogens (tertiary/aromatic N) is 1. The molecule has 0 aromatic carbocycles. The number of nitrogens with two attached hydrogens (primary N) is 1. The van der Waals surface area contributed by atoms with Crippen LogP contribution in [-0.4, -0.2) is 30.4 Å². The van der Waals surface area contributed by atoms with Gasteiger partial charge in [0.1, 0.15) is 0 Å². The summed E-state index contributed by atoms with van der Waals surface area (Å²) in [5, 5.41) is 0. The highest BCUT2D eigenvalue weighted by molar-refractivity contribution is 5.76.